The molecular weight excluding hydrogens is 407 g/mol. The molecule has 0 atom stereocenters. The summed E-state index contributed by atoms with van der Waals surface area (Å²) in [5.74, 6) is 0.812. The van der Waals surface area contributed by atoms with E-state index in [0.29, 0.717) is 11.4 Å². The Bertz CT molecular complexity index is 890. The van der Waals surface area contributed by atoms with Crippen LogP contribution in [0.15, 0.2) is 36.4 Å². The number of rotatable bonds is 2. The van der Waals surface area contributed by atoms with Crippen LogP contribution in [0, 0.1) is 0 Å². The van der Waals surface area contributed by atoms with Gasteiger partial charge in [-0.25, -0.2) is 4.98 Å². The number of nitrogen functional groups attached to an aromatic ring is 2. The average Bonchev–Trinajstić information content (AvgIpc) is 3.01. The summed E-state index contributed by atoms with van der Waals surface area (Å²) in [4.78, 5) is 12.8. The van der Waals surface area contributed by atoms with Gasteiger partial charge in [-0.1, -0.05) is 0 Å². The number of nitrogens with two attached hydrogens (primary N) is 2. The molecule has 0 unspecified atom stereocenters. The van der Waals surface area contributed by atoms with Crippen molar-refractivity contribution in [3.05, 3.63) is 36.4 Å². The summed E-state index contributed by atoms with van der Waals surface area (Å²) in [6.45, 7) is 4.29. The lowest BCUT2D eigenvalue weighted by atomic mass is 10.1. The fraction of sp³-hybridized carbons (Fsp3) is 0.278. The number of likely N-dealkylation sites (N-methyl/N-ethyl adjacent to an activating group) is 1. The predicted octanol–water partition coefficient (Wildman–Crippen LogP) is 3.41. The first-order valence-electron chi connectivity index (χ1n) is 8.19. The standard InChI is InChI=1S/C18H22N6.3ClH/c1-23-6-8-24(9-7-23)13-3-5-16-17(11-13)22-18(21-16)12-2-4-14(19)15(20)10-12;;;/h2-5,10-11H,6-9,19-20H2,1H3,(H,21,22);3*1H. The number of anilines is 3. The molecule has 2 heterocycles. The summed E-state index contributed by atoms with van der Waals surface area (Å²) < 4.78 is 0. The van der Waals surface area contributed by atoms with E-state index >= 15 is 0 Å². The zero-order valence-electron chi connectivity index (χ0n) is 15.0. The van der Waals surface area contributed by atoms with Crippen LogP contribution in [0.4, 0.5) is 17.1 Å². The summed E-state index contributed by atoms with van der Waals surface area (Å²) in [7, 11) is 2.17. The Labute approximate surface area is 177 Å². The van der Waals surface area contributed by atoms with E-state index in [4.69, 9.17) is 11.5 Å². The smallest absolute Gasteiger partial charge is 0.138 e. The molecule has 3 aromatic rings. The second kappa shape index (κ2) is 9.37. The summed E-state index contributed by atoms with van der Waals surface area (Å²) in [6, 6.07) is 12.0. The van der Waals surface area contributed by atoms with Crippen LogP contribution in [-0.4, -0.2) is 48.1 Å². The third-order valence-corrected chi connectivity index (χ3v) is 4.69. The van der Waals surface area contributed by atoms with Crippen molar-refractivity contribution in [2.45, 2.75) is 0 Å². The van der Waals surface area contributed by atoms with Crippen molar-refractivity contribution < 1.29 is 0 Å². The molecule has 9 heteroatoms. The number of H-pyrrole nitrogens is 1. The van der Waals surface area contributed by atoms with Crippen LogP contribution in [0.1, 0.15) is 0 Å². The summed E-state index contributed by atoms with van der Waals surface area (Å²) in [5.41, 5.74) is 17.0. The van der Waals surface area contributed by atoms with E-state index in [1.807, 2.05) is 18.2 Å². The lowest BCUT2D eigenvalue weighted by molar-refractivity contribution is 0.313. The summed E-state index contributed by atoms with van der Waals surface area (Å²) >= 11 is 0. The van der Waals surface area contributed by atoms with Crippen LogP contribution in [0.5, 0.6) is 0 Å². The Morgan fingerprint density at radius 2 is 1.59 bits per heavy atom. The van der Waals surface area contributed by atoms with Crippen molar-refractivity contribution in [3.63, 3.8) is 0 Å². The zero-order valence-corrected chi connectivity index (χ0v) is 17.5. The molecule has 1 aliphatic rings. The first kappa shape index (κ1) is 23.2. The van der Waals surface area contributed by atoms with Gasteiger partial charge in [0, 0.05) is 37.4 Å². The number of imidazole rings is 1. The zero-order chi connectivity index (χ0) is 16.7. The van der Waals surface area contributed by atoms with E-state index in [1.165, 1.54) is 5.69 Å². The van der Waals surface area contributed by atoms with E-state index in [-0.39, 0.29) is 37.2 Å². The predicted molar refractivity (Wildman–Crippen MR) is 122 cm³/mol. The summed E-state index contributed by atoms with van der Waals surface area (Å²) in [6.07, 6.45) is 0. The Hall–Kier alpha value is -1.86. The van der Waals surface area contributed by atoms with Crippen LogP contribution in [0.3, 0.4) is 0 Å². The third-order valence-electron chi connectivity index (χ3n) is 4.69. The SMILES string of the molecule is CN1CCN(c2ccc3nc(-c4ccc(N)c(N)c4)[nH]c3c2)CC1.Cl.Cl.Cl. The van der Waals surface area contributed by atoms with Gasteiger partial charge in [0.05, 0.1) is 22.4 Å². The number of aromatic amines is 1. The highest BCUT2D eigenvalue weighted by atomic mass is 35.5. The molecule has 0 radical (unpaired) electrons. The van der Waals surface area contributed by atoms with Crippen molar-refractivity contribution in [2.24, 2.45) is 0 Å². The average molecular weight is 432 g/mol. The molecule has 1 saturated heterocycles. The van der Waals surface area contributed by atoms with Gasteiger partial charge in [0.15, 0.2) is 0 Å². The van der Waals surface area contributed by atoms with Gasteiger partial charge >= 0.3 is 0 Å². The molecular formula is C18H25Cl3N6. The fourth-order valence-corrected chi connectivity index (χ4v) is 3.12. The molecule has 4 rings (SSSR count). The normalized spacial score (nSPS) is 14.2. The molecule has 6 nitrogen and oxygen atoms in total. The molecule has 0 spiro atoms. The molecule has 27 heavy (non-hydrogen) atoms. The molecule has 1 fully saturated rings. The Kier molecular flexibility index (Phi) is 8.04. The molecule has 148 valence electrons. The molecule has 5 N–H and O–H groups in total. The van der Waals surface area contributed by atoms with Gasteiger partial charge in [0.2, 0.25) is 0 Å². The van der Waals surface area contributed by atoms with E-state index in [2.05, 4.69) is 45.0 Å². The molecule has 1 aliphatic heterocycles. The summed E-state index contributed by atoms with van der Waals surface area (Å²) in [5, 5.41) is 0. The lowest BCUT2D eigenvalue weighted by Crippen LogP contribution is -2.44. The van der Waals surface area contributed by atoms with E-state index in [1.54, 1.807) is 0 Å². The van der Waals surface area contributed by atoms with Crippen molar-refractivity contribution >= 4 is 65.3 Å². The highest BCUT2D eigenvalue weighted by molar-refractivity contribution is 5.86. The number of nitrogens with zero attached hydrogens (tertiary/aromatic N) is 3. The molecule has 0 amide bonds. The molecule has 0 aliphatic carbocycles. The van der Waals surface area contributed by atoms with Crippen LogP contribution in [0.2, 0.25) is 0 Å². The minimum atomic E-state index is 0. The van der Waals surface area contributed by atoms with Crippen molar-refractivity contribution in [1.29, 1.82) is 0 Å². The molecule has 1 aromatic heterocycles. The largest absolute Gasteiger partial charge is 0.397 e. The second-order valence-corrected chi connectivity index (χ2v) is 6.42. The van der Waals surface area contributed by atoms with Crippen molar-refractivity contribution in [1.82, 2.24) is 14.9 Å². The van der Waals surface area contributed by atoms with Gasteiger partial charge in [0.1, 0.15) is 5.82 Å². The highest BCUT2D eigenvalue weighted by Gasteiger charge is 2.15. The Morgan fingerprint density at radius 1 is 0.889 bits per heavy atom. The highest BCUT2D eigenvalue weighted by Crippen LogP contribution is 2.27. The minimum absolute atomic E-state index is 0. The molecule has 0 bridgehead atoms. The molecule has 2 aromatic carbocycles. The van der Waals surface area contributed by atoms with Crippen LogP contribution >= 0.6 is 37.2 Å². The van der Waals surface area contributed by atoms with E-state index in [0.717, 1.165) is 48.6 Å². The van der Waals surface area contributed by atoms with Crippen LogP contribution in [0.25, 0.3) is 22.4 Å². The van der Waals surface area contributed by atoms with Gasteiger partial charge in [-0.2, -0.15) is 0 Å². The van der Waals surface area contributed by atoms with Crippen molar-refractivity contribution in [2.75, 3.05) is 49.6 Å². The molecule has 0 saturated carbocycles. The second-order valence-electron chi connectivity index (χ2n) is 6.42. The number of hydrogen-bond donors (Lipinski definition) is 3. The van der Waals surface area contributed by atoms with E-state index in [9.17, 15) is 0 Å². The maximum atomic E-state index is 5.91. The first-order chi connectivity index (χ1) is 11.6. The van der Waals surface area contributed by atoms with Crippen LogP contribution < -0.4 is 16.4 Å². The number of fused-ring (bicyclic) bond motifs is 1. The van der Waals surface area contributed by atoms with Gasteiger partial charge in [-0.3, -0.25) is 0 Å². The van der Waals surface area contributed by atoms with E-state index < -0.39 is 0 Å². The fourth-order valence-electron chi connectivity index (χ4n) is 3.12. The van der Waals surface area contributed by atoms with Gasteiger partial charge in [0.25, 0.3) is 0 Å². The van der Waals surface area contributed by atoms with Crippen LogP contribution in [-0.2, 0) is 0 Å². The first-order valence-corrected chi connectivity index (χ1v) is 8.19. The van der Waals surface area contributed by atoms with Gasteiger partial charge < -0.3 is 26.3 Å². The maximum absolute atomic E-state index is 5.91. The number of nitrogens with one attached hydrogen (secondary N) is 1. The van der Waals surface area contributed by atoms with Gasteiger partial charge in [-0.15, -0.1) is 37.2 Å². The third kappa shape index (κ3) is 4.71. The monoisotopic (exact) mass is 430 g/mol. The van der Waals surface area contributed by atoms with Gasteiger partial charge in [-0.05, 0) is 43.4 Å². The lowest BCUT2D eigenvalue weighted by Gasteiger charge is -2.34. The number of benzene rings is 2. The Balaban J connectivity index is 0.00000121. The van der Waals surface area contributed by atoms with Crippen molar-refractivity contribution in [3.8, 4) is 11.4 Å². The topological polar surface area (TPSA) is 87.2 Å². The number of aromatic nitrogens is 2. The number of halogens is 3. The maximum Gasteiger partial charge on any atom is 0.138 e. The Morgan fingerprint density at radius 3 is 2.26 bits per heavy atom. The number of hydrogen-bond acceptors (Lipinski definition) is 5. The number of piperazine rings is 1. The minimum Gasteiger partial charge on any atom is -0.397 e. The quantitative estimate of drug-likeness (QED) is 0.541.